The van der Waals surface area contributed by atoms with Crippen molar-refractivity contribution in [1.29, 1.82) is 0 Å². The quantitative estimate of drug-likeness (QED) is 0.850. The van der Waals surface area contributed by atoms with Crippen molar-refractivity contribution in [2.45, 2.75) is 32.1 Å². The fourth-order valence-electron chi connectivity index (χ4n) is 1.97. The summed E-state index contributed by atoms with van der Waals surface area (Å²) in [5, 5.41) is 0. The number of aromatic amines is 1. The predicted octanol–water partition coefficient (Wildman–Crippen LogP) is 2.70. The van der Waals surface area contributed by atoms with Crippen LogP contribution in [0.3, 0.4) is 0 Å². The molecular weight excluding hydrogens is 254 g/mol. The third kappa shape index (κ3) is 3.23. The van der Waals surface area contributed by atoms with Crippen LogP contribution in [-0.2, 0) is 14.9 Å². The number of hydrogen-bond donors (Lipinski definition) is 1. The first-order valence-corrected chi connectivity index (χ1v) is 6.56. The molecule has 0 radical (unpaired) electrons. The van der Waals surface area contributed by atoms with Crippen LogP contribution in [0.25, 0.3) is 11.3 Å². The van der Waals surface area contributed by atoms with Gasteiger partial charge < -0.3 is 9.72 Å². The molecule has 2 aromatic rings. The van der Waals surface area contributed by atoms with Crippen molar-refractivity contribution >= 4 is 5.97 Å². The van der Waals surface area contributed by atoms with E-state index in [-0.39, 0.29) is 11.4 Å². The number of nitrogens with zero attached hydrogens (tertiary/aromatic N) is 2. The minimum Gasteiger partial charge on any atom is -0.469 e. The van der Waals surface area contributed by atoms with E-state index >= 15 is 0 Å². The Morgan fingerprint density at radius 1 is 1.45 bits per heavy atom. The van der Waals surface area contributed by atoms with Crippen molar-refractivity contribution in [2.24, 2.45) is 0 Å². The summed E-state index contributed by atoms with van der Waals surface area (Å²) in [7, 11) is 1.41. The molecule has 106 valence electrons. The molecule has 2 heterocycles. The summed E-state index contributed by atoms with van der Waals surface area (Å²) in [4.78, 5) is 23.1. The summed E-state index contributed by atoms with van der Waals surface area (Å²) in [6.45, 7) is 4.11. The number of pyridine rings is 1. The molecule has 5 heteroatoms. The number of methoxy groups -OCH3 is 1. The summed E-state index contributed by atoms with van der Waals surface area (Å²) < 4.78 is 4.68. The lowest BCUT2D eigenvalue weighted by Crippen LogP contribution is -2.21. The molecule has 0 fully saturated rings. The molecule has 0 aromatic carbocycles. The van der Waals surface area contributed by atoms with E-state index in [4.69, 9.17) is 0 Å². The SMILES string of the molecule is COC(=O)CCC(C)(C)c1nc(-c2cccnc2)c[nH]1. The van der Waals surface area contributed by atoms with Crippen molar-refractivity contribution in [2.75, 3.05) is 7.11 Å². The molecule has 0 amide bonds. The third-order valence-corrected chi connectivity index (χ3v) is 3.36. The van der Waals surface area contributed by atoms with Gasteiger partial charge in [0, 0.05) is 36.0 Å². The Morgan fingerprint density at radius 2 is 2.25 bits per heavy atom. The molecule has 0 saturated heterocycles. The van der Waals surface area contributed by atoms with Crippen LogP contribution in [0.1, 0.15) is 32.5 Å². The summed E-state index contributed by atoms with van der Waals surface area (Å²) in [5.41, 5.74) is 1.62. The van der Waals surface area contributed by atoms with E-state index in [1.807, 2.05) is 18.3 Å². The number of aromatic nitrogens is 3. The van der Waals surface area contributed by atoms with Crippen molar-refractivity contribution in [3.8, 4) is 11.3 Å². The van der Waals surface area contributed by atoms with Crippen molar-refractivity contribution < 1.29 is 9.53 Å². The number of hydrogen-bond acceptors (Lipinski definition) is 4. The summed E-state index contributed by atoms with van der Waals surface area (Å²) in [6, 6.07) is 3.85. The lowest BCUT2D eigenvalue weighted by Gasteiger charge is -2.21. The van der Waals surface area contributed by atoms with Crippen LogP contribution in [0.2, 0.25) is 0 Å². The topological polar surface area (TPSA) is 67.9 Å². The van der Waals surface area contributed by atoms with Gasteiger partial charge in [-0.2, -0.15) is 0 Å². The number of carbonyl (C=O) groups excluding carboxylic acids is 1. The van der Waals surface area contributed by atoms with Gasteiger partial charge in [-0.25, -0.2) is 4.98 Å². The highest BCUT2D eigenvalue weighted by Gasteiger charge is 2.25. The fourth-order valence-corrected chi connectivity index (χ4v) is 1.97. The average Bonchev–Trinajstić information content (AvgIpc) is 2.96. The van der Waals surface area contributed by atoms with E-state index in [1.165, 1.54) is 7.11 Å². The molecular formula is C15H19N3O2. The first-order chi connectivity index (χ1) is 9.53. The fraction of sp³-hybridized carbons (Fsp3) is 0.400. The van der Waals surface area contributed by atoms with Gasteiger partial charge in [0.15, 0.2) is 0 Å². The second-order valence-electron chi connectivity index (χ2n) is 5.34. The van der Waals surface area contributed by atoms with Gasteiger partial charge in [0.2, 0.25) is 0 Å². The van der Waals surface area contributed by atoms with Crippen LogP contribution in [0, 0.1) is 0 Å². The highest BCUT2D eigenvalue weighted by molar-refractivity contribution is 5.69. The van der Waals surface area contributed by atoms with E-state index in [9.17, 15) is 4.79 Å². The third-order valence-electron chi connectivity index (χ3n) is 3.36. The van der Waals surface area contributed by atoms with Crippen LogP contribution in [0.15, 0.2) is 30.7 Å². The Morgan fingerprint density at radius 3 is 2.90 bits per heavy atom. The molecule has 20 heavy (non-hydrogen) atoms. The molecule has 2 aromatic heterocycles. The summed E-state index contributed by atoms with van der Waals surface area (Å²) >= 11 is 0. The zero-order valence-electron chi connectivity index (χ0n) is 12.0. The van der Waals surface area contributed by atoms with Crippen molar-refractivity contribution in [3.05, 3.63) is 36.5 Å². The van der Waals surface area contributed by atoms with Crippen LogP contribution in [0.4, 0.5) is 0 Å². The Hall–Kier alpha value is -2.17. The smallest absolute Gasteiger partial charge is 0.305 e. The first-order valence-electron chi connectivity index (χ1n) is 6.56. The standard InChI is InChI=1S/C15H19N3O2/c1-15(2,7-6-13(19)20-3)14-17-10-12(18-14)11-5-4-8-16-9-11/h4-5,8-10H,6-7H2,1-3H3,(H,17,18). The molecule has 0 aliphatic rings. The van der Waals surface area contributed by atoms with Gasteiger partial charge in [0.05, 0.1) is 12.8 Å². The van der Waals surface area contributed by atoms with Crippen molar-refractivity contribution in [3.63, 3.8) is 0 Å². The van der Waals surface area contributed by atoms with Crippen LogP contribution in [0.5, 0.6) is 0 Å². The summed E-state index contributed by atoms with van der Waals surface area (Å²) in [5.74, 6) is 0.664. The monoisotopic (exact) mass is 273 g/mol. The first kappa shape index (κ1) is 14.2. The van der Waals surface area contributed by atoms with E-state index in [1.54, 1.807) is 12.4 Å². The predicted molar refractivity (Wildman–Crippen MR) is 76.1 cm³/mol. The highest BCUT2D eigenvalue weighted by Crippen LogP contribution is 2.28. The molecule has 1 N–H and O–H groups in total. The molecule has 5 nitrogen and oxygen atoms in total. The van der Waals surface area contributed by atoms with Crippen LogP contribution < -0.4 is 0 Å². The Balaban J connectivity index is 2.13. The Labute approximate surface area is 118 Å². The molecule has 0 saturated carbocycles. The van der Waals surface area contributed by atoms with E-state index in [0.717, 1.165) is 17.1 Å². The number of nitrogens with one attached hydrogen (secondary N) is 1. The maximum Gasteiger partial charge on any atom is 0.305 e. The lowest BCUT2D eigenvalue weighted by molar-refractivity contribution is -0.141. The molecule has 0 aliphatic carbocycles. The molecule has 0 atom stereocenters. The maximum absolute atomic E-state index is 11.3. The Kier molecular flexibility index (Phi) is 4.17. The highest BCUT2D eigenvalue weighted by atomic mass is 16.5. The number of H-pyrrole nitrogens is 1. The van der Waals surface area contributed by atoms with E-state index in [2.05, 4.69) is 33.5 Å². The van der Waals surface area contributed by atoms with Gasteiger partial charge in [0.1, 0.15) is 5.82 Å². The normalized spacial score (nSPS) is 11.3. The largest absolute Gasteiger partial charge is 0.469 e. The minimum absolute atomic E-state index is 0.197. The van der Waals surface area contributed by atoms with Gasteiger partial charge in [0.25, 0.3) is 0 Å². The second kappa shape index (κ2) is 5.86. The average molecular weight is 273 g/mol. The number of carbonyl (C=O) groups is 1. The molecule has 0 spiro atoms. The van der Waals surface area contributed by atoms with Crippen LogP contribution >= 0.6 is 0 Å². The van der Waals surface area contributed by atoms with Gasteiger partial charge in [-0.15, -0.1) is 0 Å². The second-order valence-corrected chi connectivity index (χ2v) is 5.34. The van der Waals surface area contributed by atoms with Gasteiger partial charge in [-0.3, -0.25) is 9.78 Å². The van der Waals surface area contributed by atoms with E-state index in [0.29, 0.717) is 12.8 Å². The Bertz CT molecular complexity index is 576. The molecule has 0 aliphatic heterocycles. The zero-order valence-corrected chi connectivity index (χ0v) is 12.0. The number of imidazole rings is 1. The molecule has 0 bridgehead atoms. The lowest BCUT2D eigenvalue weighted by atomic mass is 9.87. The number of ether oxygens (including phenoxy) is 1. The summed E-state index contributed by atoms with van der Waals surface area (Å²) in [6.07, 6.45) is 6.44. The van der Waals surface area contributed by atoms with Gasteiger partial charge in [-0.1, -0.05) is 13.8 Å². The minimum atomic E-state index is -0.214. The maximum atomic E-state index is 11.3. The molecule has 0 unspecified atom stereocenters. The van der Waals surface area contributed by atoms with Gasteiger partial charge in [-0.05, 0) is 18.6 Å². The molecule has 2 rings (SSSR count). The van der Waals surface area contributed by atoms with E-state index < -0.39 is 0 Å². The van der Waals surface area contributed by atoms with Gasteiger partial charge >= 0.3 is 5.97 Å². The number of esters is 1. The van der Waals surface area contributed by atoms with Crippen LogP contribution in [-0.4, -0.2) is 28.0 Å². The number of rotatable bonds is 5. The van der Waals surface area contributed by atoms with Crippen molar-refractivity contribution in [1.82, 2.24) is 15.0 Å². The zero-order chi connectivity index (χ0) is 14.6.